The summed E-state index contributed by atoms with van der Waals surface area (Å²) < 4.78 is 0. The van der Waals surface area contributed by atoms with Gasteiger partial charge < -0.3 is 4.90 Å². The van der Waals surface area contributed by atoms with Gasteiger partial charge in [0.05, 0.1) is 0 Å². The molecule has 0 saturated carbocycles. The van der Waals surface area contributed by atoms with Crippen LogP contribution in [-0.4, -0.2) is 29.0 Å². The van der Waals surface area contributed by atoms with E-state index in [9.17, 15) is 4.79 Å². The summed E-state index contributed by atoms with van der Waals surface area (Å²) in [7, 11) is 0. The van der Waals surface area contributed by atoms with Gasteiger partial charge in [-0.2, -0.15) is 0 Å². The fraction of sp³-hybridized carbons (Fsp3) is 0.909. The number of hydrogen-bond donors (Lipinski definition) is 0. The van der Waals surface area contributed by atoms with E-state index >= 15 is 0 Å². The van der Waals surface area contributed by atoms with Crippen LogP contribution >= 0.6 is 11.8 Å². The summed E-state index contributed by atoms with van der Waals surface area (Å²) in [6, 6.07) is 0. The predicted molar refractivity (Wildman–Crippen MR) is 62.7 cm³/mol. The van der Waals surface area contributed by atoms with Crippen molar-refractivity contribution in [3.63, 3.8) is 0 Å². The minimum absolute atomic E-state index is 0.271. The van der Waals surface area contributed by atoms with Gasteiger partial charge in [0.2, 0.25) is 0 Å². The van der Waals surface area contributed by atoms with Gasteiger partial charge in [-0.3, -0.25) is 4.79 Å². The van der Waals surface area contributed by atoms with Crippen LogP contribution in [0.4, 0.5) is 4.79 Å². The minimum atomic E-state index is 0.271. The number of nitrogens with zero attached hydrogens (tertiary/aromatic N) is 1. The number of amides is 1. The summed E-state index contributed by atoms with van der Waals surface area (Å²) in [4.78, 5) is 13.8. The Hall–Kier alpha value is -0.180. The van der Waals surface area contributed by atoms with E-state index in [4.69, 9.17) is 0 Å². The van der Waals surface area contributed by atoms with Crippen molar-refractivity contribution in [1.82, 2.24) is 4.90 Å². The van der Waals surface area contributed by atoms with Crippen molar-refractivity contribution >= 4 is 17.0 Å². The number of carbonyl (C=O) groups is 1. The maximum atomic E-state index is 11.7. The Balaban J connectivity index is 2.52. The predicted octanol–water partition coefficient (Wildman–Crippen LogP) is 3.23. The standard InChI is InChI=1S/C11H21NOS/c1-4-14-11(13)12-7-9(2)5-6-10(3)8-12/h9-10H,4-8H2,1-3H3. The second-order valence-corrected chi connectivity index (χ2v) is 5.61. The maximum absolute atomic E-state index is 11.7. The van der Waals surface area contributed by atoms with Crippen molar-refractivity contribution in [3.05, 3.63) is 0 Å². The van der Waals surface area contributed by atoms with Crippen molar-refractivity contribution in [2.75, 3.05) is 18.8 Å². The van der Waals surface area contributed by atoms with Gasteiger partial charge >= 0.3 is 0 Å². The van der Waals surface area contributed by atoms with E-state index in [1.54, 1.807) is 0 Å². The van der Waals surface area contributed by atoms with Gasteiger partial charge in [-0.15, -0.1) is 0 Å². The lowest BCUT2D eigenvalue weighted by Gasteiger charge is -2.23. The first-order chi connectivity index (χ1) is 6.63. The number of thioether (sulfide) groups is 1. The van der Waals surface area contributed by atoms with Crippen molar-refractivity contribution in [1.29, 1.82) is 0 Å². The number of rotatable bonds is 1. The summed E-state index contributed by atoms with van der Waals surface area (Å²) in [6.07, 6.45) is 2.53. The van der Waals surface area contributed by atoms with Gasteiger partial charge in [-0.1, -0.05) is 32.5 Å². The van der Waals surface area contributed by atoms with Gasteiger partial charge in [-0.25, -0.2) is 0 Å². The quantitative estimate of drug-likeness (QED) is 0.669. The van der Waals surface area contributed by atoms with E-state index < -0.39 is 0 Å². The lowest BCUT2D eigenvalue weighted by Crippen LogP contribution is -2.33. The zero-order valence-corrected chi connectivity index (χ0v) is 10.3. The summed E-state index contributed by atoms with van der Waals surface area (Å²) in [5, 5.41) is 0.271. The Morgan fingerprint density at radius 3 is 2.21 bits per heavy atom. The molecule has 0 spiro atoms. The zero-order valence-electron chi connectivity index (χ0n) is 9.45. The maximum Gasteiger partial charge on any atom is 0.281 e. The Bertz CT molecular complexity index is 184. The lowest BCUT2D eigenvalue weighted by molar-refractivity contribution is 0.213. The summed E-state index contributed by atoms with van der Waals surface area (Å²) in [6.45, 7) is 8.43. The van der Waals surface area contributed by atoms with Gasteiger partial charge in [-0.05, 0) is 30.4 Å². The summed E-state index contributed by atoms with van der Waals surface area (Å²) in [5.41, 5.74) is 0. The molecule has 0 aliphatic carbocycles. The SMILES string of the molecule is CCSC(=O)N1CC(C)CCC(C)C1. The molecule has 1 heterocycles. The molecule has 1 saturated heterocycles. The first-order valence-electron chi connectivity index (χ1n) is 5.55. The number of likely N-dealkylation sites (tertiary alicyclic amines) is 1. The smallest absolute Gasteiger partial charge is 0.281 e. The third-order valence-corrected chi connectivity index (χ3v) is 3.54. The average Bonchev–Trinajstić information content (AvgIpc) is 2.29. The molecule has 0 N–H and O–H groups in total. The van der Waals surface area contributed by atoms with E-state index in [0.29, 0.717) is 11.8 Å². The number of hydrogen-bond acceptors (Lipinski definition) is 2. The normalized spacial score (nSPS) is 28.6. The summed E-state index contributed by atoms with van der Waals surface area (Å²) >= 11 is 1.44. The Labute approximate surface area is 91.4 Å². The van der Waals surface area contributed by atoms with E-state index in [2.05, 4.69) is 13.8 Å². The van der Waals surface area contributed by atoms with E-state index in [1.807, 2.05) is 11.8 Å². The molecule has 2 nitrogen and oxygen atoms in total. The third-order valence-electron chi connectivity index (χ3n) is 2.74. The fourth-order valence-corrected chi connectivity index (χ4v) is 2.52. The molecule has 1 rings (SSSR count). The van der Waals surface area contributed by atoms with Gasteiger partial charge in [0.15, 0.2) is 0 Å². The van der Waals surface area contributed by atoms with Crippen LogP contribution in [0.25, 0.3) is 0 Å². The summed E-state index contributed by atoms with van der Waals surface area (Å²) in [5.74, 6) is 2.22. The van der Waals surface area contributed by atoms with Crippen molar-refractivity contribution in [2.45, 2.75) is 33.6 Å². The molecule has 0 radical (unpaired) electrons. The second-order valence-electron chi connectivity index (χ2n) is 4.39. The average molecular weight is 215 g/mol. The first-order valence-corrected chi connectivity index (χ1v) is 6.53. The fourth-order valence-electron chi connectivity index (χ4n) is 1.94. The van der Waals surface area contributed by atoms with Crippen LogP contribution in [0.1, 0.15) is 33.6 Å². The van der Waals surface area contributed by atoms with Gasteiger partial charge in [0.1, 0.15) is 0 Å². The molecule has 0 aromatic rings. The van der Waals surface area contributed by atoms with E-state index in [-0.39, 0.29) is 5.24 Å². The highest BCUT2D eigenvalue weighted by Crippen LogP contribution is 2.22. The third kappa shape index (κ3) is 3.52. The van der Waals surface area contributed by atoms with Crippen LogP contribution in [0.15, 0.2) is 0 Å². The molecule has 82 valence electrons. The zero-order chi connectivity index (χ0) is 10.6. The molecule has 1 fully saturated rings. The van der Waals surface area contributed by atoms with E-state index in [0.717, 1.165) is 18.8 Å². The van der Waals surface area contributed by atoms with E-state index in [1.165, 1.54) is 24.6 Å². The Morgan fingerprint density at radius 2 is 1.79 bits per heavy atom. The van der Waals surface area contributed by atoms with Crippen LogP contribution < -0.4 is 0 Å². The molecule has 1 aliphatic heterocycles. The molecular formula is C11H21NOS. The van der Waals surface area contributed by atoms with Crippen molar-refractivity contribution in [3.8, 4) is 0 Å². The lowest BCUT2D eigenvalue weighted by atomic mass is 10.0. The molecule has 2 unspecified atom stereocenters. The van der Waals surface area contributed by atoms with Crippen LogP contribution in [-0.2, 0) is 0 Å². The van der Waals surface area contributed by atoms with Crippen molar-refractivity contribution in [2.24, 2.45) is 11.8 Å². The topological polar surface area (TPSA) is 20.3 Å². The minimum Gasteiger partial charge on any atom is -0.333 e. The molecule has 1 aliphatic rings. The van der Waals surface area contributed by atoms with Crippen molar-refractivity contribution < 1.29 is 4.79 Å². The Morgan fingerprint density at radius 1 is 1.29 bits per heavy atom. The molecule has 0 aromatic heterocycles. The molecule has 0 bridgehead atoms. The van der Waals surface area contributed by atoms with Crippen LogP contribution in [0.2, 0.25) is 0 Å². The molecule has 0 aromatic carbocycles. The van der Waals surface area contributed by atoms with Crippen LogP contribution in [0, 0.1) is 11.8 Å². The molecule has 3 heteroatoms. The van der Waals surface area contributed by atoms with Gasteiger partial charge in [0.25, 0.3) is 5.24 Å². The first kappa shape index (κ1) is 11.9. The highest BCUT2D eigenvalue weighted by atomic mass is 32.2. The Kier molecular flexibility index (Phi) is 4.79. The molecule has 2 atom stereocenters. The molecular weight excluding hydrogens is 194 g/mol. The number of carbonyl (C=O) groups excluding carboxylic acids is 1. The highest BCUT2D eigenvalue weighted by molar-refractivity contribution is 8.13. The molecule has 14 heavy (non-hydrogen) atoms. The van der Waals surface area contributed by atoms with Gasteiger partial charge in [0, 0.05) is 13.1 Å². The molecule has 1 amide bonds. The van der Waals surface area contributed by atoms with Crippen LogP contribution in [0.3, 0.4) is 0 Å². The second kappa shape index (κ2) is 5.64. The highest BCUT2D eigenvalue weighted by Gasteiger charge is 2.22. The monoisotopic (exact) mass is 215 g/mol. The van der Waals surface area contributed by atoms with Crippen LogP contribution in [0.5, 0.6) is 0 Å². The largest absolute Gasteiger partial charge is 0.333 e.